The van der Waals surface area contributed by atoms with E-state index in [0.717, 1.165) is 17.0 Å². The molecule has 1 fully saturated rings. The number of ether oxygens (including phenoxy) is 1. The lowest BCUT2D eigenvalue weighted by atomic mass is 10.0. The quantitative estimate of drug-likeness (QED) is 0.351. The predicted octanol–water partition coefficient (Wildman–Crippen LogP) is 3.87. The molecule has 2 heterocycles. The number of aliphatic hydroxyl groups is 2. The lowest BCUT2D eigenvalue weighted by molar-refractivity contribution is -0.186. The van der Waals surface area contributed by atoms with Crippen molar-refractivity contribution < 1.29 is 14.9 Å². The zero-order valence-electron chi connectivity index (χ0n) is 19.6. The molecule has 2 aromatic carbocycles. The van der Waals surface area contributed by atoms with E-state index in [9.17, 15) is 15.5 Å². The molecule has 8 heteroatoms. The van der Waals surface area contributed by atoms with Crippen molar-refractivity contribution >= 4 is 34.5 Å². The van der Waals surface area contributed by atoms with Crippen LogP contribution in [0.1, 0.15) is 18.5 Å². The Hall–Kier alpha value is -2.80. The van der Waals surface area contributed by atoms with E-state index in [1.54, 1.807) is 0 Å². The molecule has 1 saturated heterocycles. The fourth-order valence-electron chi connectivity index (χ4n) is 4.16. The number of aliphatic hydroxyl groups excluding tert-OH is 2. The second-order valence-electron chi connectivity index (χ2n) is 8.75. The van der Waals surface area contributed by atoms with E-state index in [4.69, 9.17) is 4.74 Å². The molecule has 1 aliphatic rings. The van der Waals surface area contributed by atoms with Crippen LogP contribution < -0.4 is 9.62 Å². The number of allylic oxidation sites excluding steroid dienone is 1. The van der Waals surface area contributed by atoms with Gasteiger partial charge in [-0.2, -0.15) is 5.26 Å². The Morgan fingerprint density at radius 1 is 1.18 bits per heavy atom. The Bertz CT molecular complexity index is 1220. The van der Waals surface area contributed by atoms with E-state index in [0.29, 0.717) is 17.9 Å². The molecule has 178 valence electrons. The maximum absolute atomic E-state index is 9.78. The number of benzene rings is 2. The van der Waals surface area contributed by atoms with E-state index in [1.165, 1.54) is 28.4 Å². The van der Waals surface area contributed by atoms with Crippen LogP contribution in [-0.2, 0) is 11.8 Å². The SMILES string of the molecule is CN(C)c1ccc2cc(-c3ccc(/C=C(\C#N)SNCC4CC(O)CC(O)O4)n3C)ccc2c1. The van der Waals surface area contributed by atoms with Gasteiger partial charge >= 0.3 is 0 Å². The molecule has 3 unspecified atom stereocenters. The fraction of sp³-hybridized carbons (Fsp3) is 0.346. The van der Waals surface area contributed by atoms with E-state index < -0.39 is 12.4 Å². The molecule has 0 amide bonds. The minimum Gasteiger partial charge on any atom is -0.393 e. The maximum atomic E-state index is 9.78. The van der Waals surface area contributed by atoms with Crippen molar-refractivity contribution in [2.45, 2.75) is 31.3 Å². The van der Waals surface area contributed by atoms with Crippen molar-refractivity contribution in [2.75, 3.05) is 25.5 Å². The smallest absolute Gasteiger partial charge is 0.157 e. The summed E-state index contributed by atoms with van der Waals surface area (Å²) in [7, 11) is 6.07. The molecule has 1 aromatic heterocycles. The van der Waals surface area contributed by atoms with Crippen molar-refractivity contribution in [1.82, 2.24) is 9.29 Å². The van der Waals surface area contributed by atoms with Gasteiger partial charge in [0.15, 0.2) is 6.29 Å². The lowest BCUT2D eigenvalue weighted by Gasteiger charge is -2.30. The Balaban J connectivity index is 1.46. The van der Waals surface area contributed by atoms with E-state index >= 15 is 0 Å². The van der Waals surface area contributed by atoms with Crippen molar-refractivity contribution in [1.29, 1.82) is 5.26 Å². The van der Waals surface area contributed by atoms with Gasteiger partial charge < -0.3 is 24.4 Å². The second kappa shape index (κ2) is 10.6. The molecule has 0 bridgehead atoms. The number of aromatic nitrogens is 1. The van der Waals surface area contributed by atoms with Crippen LogP contribution in [0.2, 0.25) is 0 Å². The topological polar surface area (TPSA) is 93.7 Å². The summed E-state index contributed by atoms with van der Waals surface area (Å²) in [6.45, 7) is 0.419. The number of hydrogen-bond acceptors (Lipinski definition) is 7. The standard InChI is InChI=1S/C26H30N4O3S/c1-29(2)20-7-6-17-10-19(5-4-18(17)11-20)25-9-8-21(30(25)3)12-24(15-27)34-28-16-23-13-22(31)14-26(32)33-23/h4-12,22-23,26,28,31-32H,13-14,16H2,1-3H3/b24-12+. The number of nitriles is 1. The molecule has 1 aliphatic heterocycles. The number of fused-ring (bicyclic) bond motifs is 1. The van der Waals surface area contributed by atoms with Crippen LogP contribution in [0.15, 0.2) is 53.4 Å². The summed E-state index contributed by atoms with van der Waals surface area (Å²) < 4.78 is 10.6. The zero-order chi connectivity index (χ0) is 24.2. The summed E-state index contributed by atoms with van der Waals surface area (Å²) in [6.07, 6.45) is 0.722. The van der Waals surface area contributed by atoms with E-state index in [1.807, 2.05) is 33.3 Å². The molecular formula is C26H30N4O3S. The molecule has 3 atom stereocenters. The average Bonchev–Trinajstić information content (AvgIpc) is 3.16. The summed E-state index contributed by atoms with van der Waals surface area (Å²) in [5.41, 5.74) is 4.27. The molecule has 7 nitrogen and oxygen atoms in total. The van der Waals surface area contributed by atoms with Crippen LogP contribution in [0.25, 0.3) is 28.1 Å². The summed E-state index contributed by atoms with van der Waals surface area (Å²) in [5.74, 6) is 0. The molecule has 0 saturated carbocycles. The van der Waals surface area contributed by atoms with Crippen LogP contribution in [0.3, 0.4) is 0 Å². The van der Waals surface area contributed by atoms with Crippen molar-refractivity contribution in [2.24, 2.45) is 7.05 Å². The highest BCUT2D eigenvalue weighted by atomic mass is 32.2. The summed E-state index contributed by atoms with van der Waals surface area (Å²) in [5, 5.41) is 31.4. The first-order valence-electron chi connectivity index (χ1n) is 11.2. The highest BCUT2D eigenvalue weighted by molar-refractivity contribution is 8.01. The Morgan fingerprint density at radius 3 is 2.68 bits per heavy atom. The largest absolute Gasteiger partial charge is 0.393 e. The normalized spacial score (nSPS) is 20.9. The number of anilines is 1. The summed E-state index contributed by atoms with van der Waals surface area (Å²) in [6, 6.07) is 19.2. The minimum atomic E-state index is -0.946. The van der Waals surface area contributed by atoms with Crippen LogP contribution in [-0.4, -0.2) is 53.9 Å². The van der Waals surface area contributed by atoms with Crippen molar-refractivity contribution in [3.05, 3.63) is 59.1 Å². The summed E-state index contributed by atoms with van der Waals surface area (Å²) >= 11 is 1.22. The molecule has 4 rings (SSSR count). The number of nitrogens with one attached hydrogen (secondary N) is 1. The van der Waals surface area contributed by atoms with Crippen LogP contribution in [0, 0.1) is 11.3 Å². The van der Waals surface area contributed by atoms with Crippen LogP contribution in [0.4, 0.5) is 5.69 Å². The minimum absolute atomic E-state index is 0.233. The molecule has 0 radical (unpaired) electrons. The van der Waals surface area contributed by atoms with Gasteiger partial charge in [-0.1, -0.05) is 18.2 Å². The molecular weight excluding hydrogens is 448 g/mol. The average molecular weight is 479 g/mol. The van der Waals surface area contributed by atoms with Gasteiger partial charge in [0.2, 0.25) is 0 Å². The molecule has 34 heavy (non-hydrogen) atoms. The molecule has 3 aromatic rings. The fourth-order valence-corrected chi connectivity index (χ4v) is 4.81. The molecule has 0 spiro atoms. The maximum Gasteiger partial charge on any atom is 0.157 e. The number of nitrogens with zero attached hydrogens (tertiary/aromatic N) is 3. The highest BCUT2D eigenvalue weighted by Crippen LogP contribution is 2.29. The first-order chi connectivity index (χ1) is 16.3. The number of hydrogen-bond donors (Lipinski definition) is 3. The van der Waals surface area contributed by atoms with E-state index in [2.05, 4.69) is 62.7 Å². The van der Waals surface area contributed by atoms with Gasteiger partial charge in [-0.3, -0.25) is 4.72 Å². The zero-order valence-corrected chi connectivity index (χ0v) is 20.4. The Labute approximate surface area is 204 Å². The van der Waals surface area contributed by atoms with Crippen LogP contribution >= 0.6 is 11.9 Å². The van der Waals surface area contributed by atoms with Gasteiger partial charge in [-0.15, -0.1) is 0 Å². The predicted molar refractivity (Wildman–Crippen MR) is 138 cm³/mol. The van der Waals surface area contributed by atoms with Crippen LogP contribution in [0.5, 0.6) is 0 Å². The molecule has 0 aliphatic carbocycles. The second-order valence-corrected chi connectivity index (χ2v) is 9.68. The van der Waals surface area contributed by atoms with E-state index in [-0.39, 0.29) is 12.5 Å². The van der Waals surface area contributed by atoms with Gasteiger partial charge in [0.1, 0.15) is 11.0 Å². The Morgan fingerprint density at radius 2 is 1.94 bits per heavy atom. The highest BCUT2D eigenvalue weighted by Gasteiger charge is 2.26. The van der Waals surface area contributed by atoms with Gasteiger partial charge in [0.25, 0.3) is 0 Å². The lowest BCUT2D eigenvalue weighted by Crippen LogP contribution is -2.39. The van der Waals surface area contributed by atoms with Gasteiger partial charge in [-0.05, 0) is 64.7 Å². The molecule has 3 N–H and O–H groups in total. The number of rotatable bonds is 7. The third-order valence-corrected chi connectivity index (χ3v) is 6.78. The van der Waals surface area contributed by atoms with Crippen molar-refractivity contribution in [3.63, 3.8) is 0 Å². The van der Waals surface area contributed by atoms with Gasteiger partial charge in [-0.25, -0.2) is 0 Å². The monoisotopic (exact) mass is 478 g/mol. The Kier molecular flexibility index (Phi) is 7.61. The third kappa shape index (κ3) is 5.63. The van der Waals surface area contributed by atoms with Crippen molar-refractivity contribution in [3.8, 4) is 17.3 Å². The van der Waals surface area contributed by atoms with Gasteiger partial charge in [0.05, 0.1) is 12.2 Å². The third-order valence-electron chi connectivity index (χ3n) is 6.04. The van der Waals surface area contributed by atoms with Gasteiger partial charge in [0, 0.05) is 57.6 Å². The summed E-state index contributed by atoms with van der Waals surface area (Å²) in [4.78, 5) is 2.61. The first kappa shape index (κ1) is 24.3. The first-order valence-corrected chi connectivity index (χ1v) is 12.1.